The third kappa shape index (κ3) is 4.85. The second-order valence-corrected chi connectivity index (χ2v) is 7.90. The second-order valence-electron chi connectivity index (χ2n) is 7.90. The number of amides is 1. The highest BCUT2D eigenvalue weighted by atomic mass is 16.5. The summed E-state index contributed by atoms with van der Waals surface area (Å²) in [4.78, 5) is 15.0. The Hall–Kier alpha value is -2.29. The molecule has 2 aromatic rings. The van der Waals surface area contributed by atoms with Gasteiger partial charge in [0.15, 0.2) is 0 Å². The smallest absolute Gasteiger partial charge is 0.258 e. The number of methoxy groups -OCH3 is 1. The lowest BCUT2D eigenvalue weighted by Crippen LogP contribution is -2.38. The van der Waals surface area contributed by atoms with E-state index in [0.717, 1.165) is 17.0 Å². The Labute approximate surface area is 151 Å². The number of hydrogen-bond acceptors (Lipinski definition) is 2. The average molecular weight is 339 g/mol. The minimum atomic E-state index is -0.0194. The molecule has 0 fully saturated rings. The highest BCUT2D eigenvalue weighted by molar-refractivity contribution is 6.06. The summed E-state index contributed by atoms with van der Waals surface area (Å²) in [5, 5.41) is 0. The van der Waals surface area contributed by atoms with E-state index < -0.39 is 0 Å². The topological polar surface area (TPSA) is 29.5 Å². The van der Waals surface area contributed by atoms with Gasteiger partial charge in [0.2, 0.25) is 0 Å². The van der Waals surface area contributed by atoms with Gasteiger partial charge >= 0.3 is 0 Å². The van der Waals surface area contributed by atoms with E-state index in [0.29, 0.717) is 18.0 Å². The van der Waals surface area contributed by atoms with Crippen LogP contribution in [0.25, 0.3) is 0 Å². The molecule has 0 N–H and O–H groups in total. The number of hydrogen-bond donors (Lipinski definition) is 0. The van der Waals surface area contributed by atoms with Crippen LogP contribution >= 0.6 is 0 Å². The molecule has 0 saturated carbocycles. The van der Waals surface area contributed by atoms with Crippen LogP contribution in [-0.4, -0.2) is 19.6 Å². The Morgan fingerprint density at radius 1 is 1.08 bits per heavy atom. The number of nitrogens with zero attached hydrogens (tertiary/aromatic N) is 1. The molecule has 1 amide bonds. The van der Waals surface area contributed by atoms with E-state index in [2.05, 4.69) is 40.7 Å². The molecule has 134 valence electrons. The van der Waals surface area contributed by atoms with Crippen molar-refractivity contribution in [3.8, 4) is 5.75 Å². The molecule has 25 heavy (non-hydrogen) atoms. The van der Waals surface area contributed by atoms with Crippen molar-refractivity contribution in [1.29, 1.82) is 0 Å². The molecule has 0 saturated heterocycles. The number of ether oxygens (including phenoxy) is 1. The summed E-state index contributed by atoms with van der Waals surface area (Å²) < 4.78 is 5.58. The molecule has 0 aliphatic rings. The van der Waals surface area contributed by atoms with Crippen LogP contribution in [0, 0.1) is 5.41 Å². The van der Waals surface area contributed by atoms with E-state index in [4.69, 9.17) is 4.74 Å². The average Bonchev–Trinajstić information content (AvgIpc) is 2.58. The van der Waals surface area contributed by atoms with Gasteiger partial charge in [-0.1, -0.05) is 58.9 Å². The highest BCUT2D eigenvalue weighted by Gasteiger charge is 2.24. The fourth-order valence-electron chi connectivity index (χ4n) is 2.84. The fraction of sp³-hybridized carbons (Fsp3) is 0.409. The van der Waals surface area contributed by atoms with Gasteiger partial charge < -0.3 is 9.64 Å². The van der Waals surface area contributed by atoms with Crippen LogP contribution in [0.5, 0.6) is 5.75 Å². The highest BCUT2D eigenvalue weighted by Crippen LogP contribution is 2.32. The van der Waals surface area contributed by atoms with Crippen LogP contribution < -0.4 is 9.64 Å². The number of rotatable bonds is 5. The molecule has 0 aliphatic carbocycles. The lowest BCUT2D eigenvalue weighted by atomic mass is 9.94. The van der Waals surface area contributed by atoms with E-state index in [1.54, 1.807) is 7.11 Å². The Morgan fingerprint density at radius 3 is 2.24 bits per heavy atom. The zero-order chi connectivity index (χ0) is 18.6. The van der Waals surface area contributed by atoms with Crippen LogP contribution in [0.1, 0.15) is 56.5 Å². The first-order chi connectivity index (χ1) is 11.7. The third-order valence-corrected chi connectivity index (χ3v) is 4.05. The Morgan fingerprint density at radius 2 is 1.72 bits per heavy atom. The molecular formula is C22H29NO2. The molecule has 2 aromatic carbocycles. The van der Waals surface area contributed by atoms with Gasteiger partial charge in [-0.15, -0.1) is 0 Å². The first-order valence-electron chi connectivity index (χ1n) is 8.78. The Kier molecular flexibility index (Phi) is 5.89. The lowest BCUT2D eigenvalue weighted by molar-refractivity contribution is 0.0977. The van der Waals surface area contributed by atoms with Gasteiger partial charge in [0, 0.05) is 23.9 Å². The normalized spacial score (nSPS) is 11.5. The fourth-order valence-corrected chi connectivity index (χ4v) is 2.84. The second kappa shape index (κ2) is 7.73. The lowest BCUT2D eigenvalue weighted by Gasteiger charge is -2.31. The quantitative estimate of drug-likeness (QED) is 0.718. The Balaban J connectivity index is 2.47. The van der Waals surface area contributed by atoms with Crippen LogP contribution in [0.4, 0.5) is 5.69 Å². The summed E-state index contributed by atoms with van der Waals surface area (Å²) in [6.07, 6.45) is 0. The van der Waals surface area contributed by atoms with Crippen molar-refractivity contribution in [2.75, 3.05) is 18.6 Å². The van der Waals surface area contributed by atoms with Crippen LogP contribution in [0.3, 0.4) is 0 Å². The maximum absolute atomic E-state index is 13.1. The summed E-state index contributed by atoms with van der Waals surface area (Å²) in [5.41, 5.74) is 2.69. The standard InChI is InChI=1S/C22H29NO2/c1-16(2)19-13-12-18(14-20(19)25-6)23(15-22(3,4)5)21(24)17-10-8-7-9-11-17/h7-14,16H,15H2,1-6H3. The van der Waals surface area contributed by atoms with Crippen molar-refractivity contribution in [2.45, 2.75) is 40.5 Å². The molecule has 0 unspecified atom stereocenters. The molecule has 0 bridgehead atoms. The van der Waals surface area contributed by atoms with E-state index in [1.165, 1.54) is 0 Å². The summed E-state index contributed by atoms with van der Waals surface area (Å²) >= 11 is 0. The van der Waals surface area contributed by atoms with Gasteiger partial charge in [0.05, 0.1) is 7.11 Å². The largest absolute Gasteiger partial charge is 0.496 e. The zero-order valence-electron chi connectivity index (χ0n) is 16.2. The number of carbonyl (C=O) groups is 1. The molecule has 3 nitrogen and oxygen atoms in total. The molecule has 2 rings (SSSR count). The van der Waals surface area contributed by atoms with Gasteiger partial charge in [-0.3, -0.25) is 4.79 Å². The van der Waals surface area contributed by atoms with Crippen molar-refractivity contribution in [1.82, 2.24) is 0 Å². The van der Waals surface area contributed by atoms with Crippen molar-refractivity contribution < 1.29 is 9.53 Å². The minimum absolute atomic E-state index is 0.00914. The van der Waals surface area contributed by atoms with Gasteiger partial charge in [0.25, 0.3) is 5.91 Å². The monoisotopic (exact) mass is 339 g/mol. The van der Waals surface area contributed by atoms with Gasteiger partial charge in [0.1, 0.15) is 5.75 Å². The predicted molar refractivity (Wildman–Crippen MR) is 105 cm³/mol. The van der Waals surface area contributed by atoms with Crippen LogP contribution in [-0.2, 0) is 0 Å². The number of anilines is 1. The van der Waals surface area contributed by atoms with E-state index >= 15 is 0 Å². The van der Waals surface area contributed by atoms with Crippen molar-refractivity contribution in [2.24, 2.45) is 5.41 Å². The van der Waals surface area contributed by atoms with E-state index in [1.807, 2.05) is 47.4 Å². The van der Waals surface area contributed by atoms with Crippen LogP contribution in [0.15, 0.2) is 48.5 Å². The first-order valence-corrected chi connectivity index (χ1v) is 8.78. The van der Waals surface area contributed by atoms with Gasteiger partial charge in [-0.25, -0.2) is 0 Å². The third-order valence-electron chi connectivity index (χ3n) is 4.05. The van der Waals surface area contributed by atoms with Gasteiger partial charge in [-0.05, 0) is 35.1 Å². The molecule has 0 aromatic heterocycles. The summed E-state index contributed by atoms with van der Waals surface area (Å²) in [5.74, 6) is 1.20. The maximum Gasteiger partial charge on any atom is 0.258 e. The minimum Gasteiger partial charge on any atom is -0.496 e. The van der Waals surface area contributed by atoms with Crippen molar-refractivity contribution in [3.63, 3.8) is 0 Å². The number of carbonyl (C=O) groups excluding carboxylic acids is 1. The molecule has 0 atom stereocenters. The summed E-state index contributed by atoms with van der Waals surface area (Å²) in [7, 11) is 1.68. The SMILES string of the molecule is COc1cc(N(CC(C)(C)C)C(=O)c2ccccc2)ccc1C(C)C. The Bertz CT molecular complexity index is 715. The molecule has 0 radical (unpaired) electrons. The van der Waals surface area contributed by atoms with Crippen molar-refractivity contribution in [3.05, 3.63) is 59.7 Å². The molecular weight excluding hydrogens is 310 g/mol. The van der Waals surface area contributed by atoms with Crippen LogP contribution in [0.2, 0.25) is 0 Å². The van der Waals surface area contributed by atoms with E-state index in [9.17, 15) is 4.79 Å². The zero-order valence-corrected chi connectivity index (χ0v) is 16.2. The maximum atomic E-state index is 13.1. The summed E-state index contributed by atoms with van der Waals surface area (Å²) in [6.45, 7) is 11.3. The predicted octanol–water partition coefficient (Wildman–Crippen LogP) is 5.51. The first kappa shape index (κ1) is 19.0. The number of benzene rings is 2. The van der Waals surface area contributed by atoms with Gasteiger partial charge in [-0.2, -0.15) is 0 Å². The van der Waals surface area contributed by atoms with Crippen molar-refractivity contribution >= 4 is 11.6 Å². The molecule has 0 spiro atoms. The molecule has 3 heteroatoms. The molecule has 0 aliphatic heterocycles. The molecule has 0 heterocycles. The van der Waals surface area contributed by atoms with E-state index in [-0.39, 0.29) is 11.3 Å². The summed E-state index contributed by atoms with van der Waals surface area (Å²) in [6, 6.07) is 15.5.